The molecule has 0 aliphatic carbocycles. The van der Waals surface area contributed by atoms with Gasteiger partial charge >= 0.3 is 5.97 Å². The molecule has 1 heterocycles. The van der Waals surface area contributed by atoms with Crippen LogP contribution in [0.2, 0.25) is 0 Å². The Labute approximate surface area is 147 Å². The Bertz CT molecular complexity index is 875. The Hall–Kier alpha value is -3.14. The highest BCUT2D eigenvalue weighted by molar-refractivity contribution is 5.91. The van der Waals surface area contributed by atoms with Crippen LogP contribution in [-0.2, 0) is 11.3 Å². The number of hydrogen-bond donors (Lipinski definition) is 0. The minimum atomic E-state index is -0.416. The first kappa shape index (κ1) is 16.7. The van der Waals surface area contributed by atoms with Gasteiger partial charge in [0, 0.05) is 11.6 Å². The van der Waals surface area contributed by atoms with Gasteiger partial charge in [0.1, 0.15) is 6.61 Å². The molecular weight excluding hydrogens is 314 g/mol. The first-order chi connectivity index (χ1) is 12.2. The Balaban J connectivity index is 1.94. The molecule has 4 nitrogen and oxygen atoms in total. The van der Waals surface area contributed by atoms with E-state index < -0.39 is 5.97 Å². The van der Waals surface area contributed by atoms with Crippen LogP contribution in [0.5, 0.6) is 5.88 Å². The first-order valence-electron chi connectivity index (χ1n) is 8.00. The van der Waals surface area contributed by atoms with Crippen molar-refractivity contribution >= 4 is 5.97 Å². The average molecular weight is 333 g/mol. The number of nitrogens with zero attached hydrogens (tertiary/aromatic N) is 1. The summed E-state index contributed by atoms with van der Waals surface area (Å²) in [6.07, 6.45) is 0. The number of carbonyl (C=O) groups excluding carboxylic acids is 1. The lowest BCUT2D eigenvalue weighted by Gasteiger charge is -2.10. The molecular formula is C21H19NO3. The van der Waals surface area contributed by atoms with E-state index in [9.17, 15) is 4.79 Å². The Morgan fingerprint density at radius 3 is 2.52 bits per heavy atom. The van der Waals surface area contributed by atoms with Crippen molar-refractivity contribution in [3.8, 4) is 17.1 Å². The molecule has 126 valence electrons. The number of hydrogen-bond acceptors (Lipinski definition) is 4. The van der Waals surface area contributed by atoms with Crippen LogP contribution in [0.25, 0.3) is 11.3 Å². The van der Waals surface area contributed by atoms with E-state index in [1.165, 1.54) is 7.11 Å². The van der Waals surface area contributed by atoms with E-state index in [4.69, 9.17) is 9.47 Å². The summed E-state index contributed by atoms with van der Waals surface area (Å²) in [5.74, 6) is -0.0240. The van der Waals surface area contributed by atoms with Crippen LogP contribution in [0.1, 0.15) is 21.5 Å². The quantitative estimate of drug-likeness (QED) is 0.648. The summed E-state index contributed by atoms with van der Waals surface area (Å²) in [4.78, 5) is 16.5. The van der Waals surface area contributed by atoms with Gasteiger partial charge in [0.05, 0.1) is 18.4 Å². The highest BCUT2D eigenvalue weighted by atomic mass is 16.5. The zero-order valence-corrected chi connectivity index (χ0v) is 14.2. The third kappa shape index (κ3) is 4.23. The third-order valence-electron chi connectivity index (χ3n) is 3.77. The summed E-state index contributed by atoms with van der Waals surface area (Å²) in [6.45, 7) is 2.40. The van der Waals surface area contributed by atoms with Crippen LogP contribution in [0.4, 0.5) is 0 Å². The molecule has 0 fully saturated rings. The van der Waals surface area contributed by atoms with Crippen molar-refractivity contribution in [3.05, 3.63) is 83.4 Å². The number of aryl methyl sites for hydroxylation is 1. The zero-order valence-electron chi connectivity index (χ0n) is 14.2. The Kier molecular flexibility index (Phi) is 5.09. The molecule has 0 atom stereocenters. The maximum atomic E-state index is 12.0. The van der Waals surface area contributed by atoms with Gasteiger partial charge in [0.2, 0.25) is 5.88 Å². The summed E-state index contributed by atoms with van der Waals surface area (Å²) in [6, 6.07) is 21.1. The lowest BCUT2D eigenvalue weighted by atomic mass is 10.1. The average Bonchev–Trinajstić information content (AvgIpc) is 2.66. The Morgan fingerprint density at radius 1 is 1.00 bits per heavy atom. The lowest BCUT2D eigenvalue weighted by molar-refractivity contribution is 0.0600. The van der Waals surface area contributed by atoms with E-state index in [-0.39, 0.29) is 0 Å². The smallest absolute Gasteiger partial charge is 0.338 e. The van der Waals surface area contributed by atoms with Crippen molar-refractivity contribution in [1.29, 1.82) is 0 Å². The number of methoxy groups -OCH3 is 1. The molecule has 0 unspecified atom stereocenters. The van der Waals surface area contributed by atoms with Crippen LogP contribution < -0.4 is 4.74 Å². The predicted molar refractivity (Wildman–Crippen MR) is 96.5 cm³/mol. The van der Waals surface area contributed by atoms with E-state index in [1.807, 2.05) is 61.5 Å². The summed E-state index contributed by atoms with van der Waals surface area (Å²) < 4.78 is 10.6. The van der Waals surface area contributed by atoms with E-state index in [0.717, 1.165) is 16.7 Å². The van der Waals surface area contributed by atoms with Gasteiger partial charge < -0.3 is 9.47 Å². The van der Waals surface area contributed by atoms with Crippen LogP contribution in [0.15, 0.2) is 66.7 Å². The highest BCUT2D eigenvalue weighted by Crippen LogP contribution is 2.24. The lowest BCUT2D eigenvalue weighted by Crippen LogP contribution is -2.05. The summed E-state index contributed by atoms with van der Waals surface area (Å²) in [5, 5.41) is 0. The van der Waals surface area contributed by atoms with Gasteiger partial charge in [-0.2, -0.15) is 0 Å². The molecule has 0 N–H and O–H groups in total. The van der Waals surface area contributed by atoms with Gasteiger partial charge in [-0.15, -0.1) is 0 Å². The molecule has 0 bridgehead atoms. The molecule has 0 saturated heterocycles. The molecule has 25 heavy (non-hydrogen) atoms. The first-order valence-corrected chi connectivity index (χ1v) is 8.00. The van der Waals surface area contributed by atoms with Crippen molar-refractivity contribution in [2.24, 2.45) is 0 Å². The Morgan fingerprint density at radius 2 is 1.80 bits per heavy atom. The SMILES string of the molecule is COC(=O)c1cc(OCc2ccccc2)nc(-c2cccc(C)c2)c1. The molecule has 0 spiro atoms. The van der Waals surface area contributed by atoms with Crippen molar-refractivity contribution in [2.75, 3.05) is 7.11 Å². The van der Waals surface area contributed by atoms with Gasteiger partial charge in [-0.25, -0.2) is 9.78 Å². The maximum Gasteiger partial charge on any atom is 0.338 e. The largest absolute Gasteiger partial charge is 0.473 e. The van der Waals surface area contributed by atoms with Gasteiger partial charge in [0.25, 0.3) is 0 Å². The number of ether oxygens (including phenoxy) is 2. The molecule has 4 heteroatoms. The van der Waals surface area contributed by atoms with Gasteiger partial charge in [-0.05, 0) is 24.6 Å². The van der Waals surface area contributed by atoms with Crippen LogP contribution in [0.3, 0.4) is 0 Å². The molecule has 3 rings (SSSR count). The zero-order chi connectivity index (χ0) is 17.6. The van der Waals surface area contributed by atoms with Crippen molar-refractivity contribution in [1.82, 2.24) is 4.98 Å². The van der Waals surface area contributed by atoms with E-state index >= 15 is 0 Å². The molecule has 0 radical (unpaired) electrons. The molecule has 0 aliphatic heterocycles. The minimum Gasteiger partial charge on any atom is -0.473 e. The van der Waals surface area contributed by atoms with Crippen molar-refractivity contribution < 1.29 is 14.3 Å². The number of benzene rings is 2. The van der Waals surface area contributed by atoms with Gasteiger partial charge in [0.15, 0.2) is 0 Å². The second kappa shape index (κ2) is 7.62. The summed E-state index contributed by atoms with van der Waals surface area (Å²) in [5.41, 5.74) is 4.17. The molecule has 0 amide bonds. The molecule has 0 saturated carbocycles. The van der Waals surface area contributed by atoms with Crippen molar-refractivity contribution in [2.45, 2.75) is 13.5 Å². The number of rotatable bonds is 5. The summed E-state index contributed by atoms with van der Waals surface area (Å²) in [7, 11) is 1.36. The number of aromatic nitrogens is 1. The van der Waals surface area contributed by atoms with Crippen molar-refractivity contribution in [3.63, 3.8) is 0 Å². The third-order valence-corrected chi connectivity index (χ3v) is 3.77. The molecule has 0 aliphatic rings. The van der Waals surface area contributed by atoms with E-state index in [1.54, 1.807) is 12.1 Å². The van der Waals surface area contributed by atoms with Gasteiger partial charge in [-0.3, -0.25) is 0 Å². The predicted octanol–water partition coefficient (Wildman–Crippen LogP) is 4.42. The molecule has 1 aromatic heterocycles. The molecule has 2 aromatic carbocycles. The van der Waals surface area contributed by atoms with E-state index in [0.29, 0.717) is 23.7 Å². The summed E-state index contributed by atoms with van der Waals surface area (Å²) >= 11 is 0. The highest BCUT2D eigenvalue weighted by Gasteiger charge is 2.12. The standard InChI is InChI=1S/C21H19NO3/c1-15-7-6-10-17(11-15)19-12-18(21(23)24-2)13-20(22-19)25-14-16-8-4-3-5-9-16/h3-13H,14H2,1-2H3. The topological polar surface area (TPSA) is 48.4 Å². The fourth-order valence-corrected chi connectivity index (χ4v) is 2.50. The fraction of sp³-hybridized carbons (Fsp3) is 0.143. The van der Waals surface area contributed by atoms with Gasteiger partial charge in [-0.1, -0.05) is 54.1 Å². The van der Waals surface area contributed by atoms with Crippen LogP contribution >= 0.6 is 0 Å². The second-order valence-electron chi connectivity index (χ2n) is 5.71. The normalized spacial score (nSPS) is 10.3. The maximum absolute atomic E-state index is 12.0. The van der Waals surface area contributed by atoms with Crippen LogP contribution in [0, 0.1) is 6.92 Å². The fourth-order valence-electron chi connectivity index (χ4n) is 2.50. The number of esters is 1. The minimum absolute atomic E-state index is 0.381. The molecule has 3 aromatic rings. The monoisotopic (exact) mass is 333 g/mol. The van der Waals surface area contributed by atoms with Crippen LogP contribution in [-0.4, -0.2) is 18.1 Å². The number of pyridine rings is 1. The number of carbonyl (C=O) groups is 1. The van der Waals surface area contributed by atoms with E-state index in [2.05, 4.69) is 4.98 Å². The second-order valence-corrected chi connectivity index (χ2v) is 5.71.